The second-order valence-corrected chi connectivity index (χ2v) is 6.90. The number of anilines is 1. The third-order valence-corrected chi connectivity index (χ3v) is 5.11. The van der Waals surface area contributed by atoms with Gasteiger partial charge in [0.2, 0.25) is 5.95 Å². The predicted molar refractivity (Wildman–Crippen MR) is 92.7 cm³/mol. The summed E-state index contributed by atoms with van der Waals surface area (Å²) in [6.07, 6.45) is 0.869. The molecule has 122 valence electrons. The Labute approximate surface area is 144 Å². The smallest absolute Gasteiger partial charge is 0.279 e. The molecule has 0 bridgehead atoms. The summed E-state index contributed by atoms with van der Waals surface area (Å²) in [4.78, 5) is 19.7. The summed E-state index contributed by atoms with van der Waals surface area (Å²) in [7, 11) is 0. The molecule has 0 aliphatic carbocycles. The summed E-state index contributed by atoms with van der Waals surface area (Å²) in [6, 6.07) is 8.02. The second-order valence-electron chi connectivity index (χ2n) is 6.05. The van der Waals surface area contributed by atoms with Crippen LogP contribution in [0.15, 0.2) is 34.0 Å². The molecule has 6 nitrogen and oxygen atoms in total. The van der Waals surface area contributed by atoms with E-state index in [9.17, 15) is 4.79 Å². The molecule has 7 heteroatoms. The van der Waals surface area contributed by atoms with Crippen LogP contribution in [0, 0.1) is 10.7 Å². The zero-order chi connectivity index (χ0) is 16.5. The van der Waals surface area contributed by atoms with Crippen molar-refractivity contribution < 1.29 is 0 Å². The maximum absolute atomic E-state index is 12.3. The van der Waals surface area contributed by atoms with E-state index in [1.165, 1.54) is 11.8 Å². The maximum Gasteiger partial charge on any atom is 0.279 e. The lowest BCUT2D eigenvalue weighted by Crippen LogP contribution is -2.36. The number of fused-ring (bicyclic) bond motifs is 3. The van der Waals surface area contributed by atoms with Gasteiger partial charge in [-0.25, -0.2) is 0 Å². The Morgan fingerprint density at radius 3 is 3.17 bits per heavy atom. The molecule has 0 atom stereocenters. The number of nitrogens with zero attached hydrogens (tertiary/aromatic N) is 4. The van der Waals surface area contributed by atoms with E-state index in [-0.39, 0.29) is 5.56 Å². The molecule has 0 saturated heterocycles. The Morgan fingerprint density at radius 1 is 1.38 bits per heavy atom. The van der Waals surface area contributed by atoms with Crippen molar-refractivity contribution in [1.29, 1.82) is 5.26 Å². The molecule has 0 radical (unpaired) electrons. The zero-order valence-corrected chi connectivity index (χ0v) is 14.0. The molecule has 2 aromatic rings. The van der Waals surface area contributed by atoms with Crippen LogP contribution in [0.4, 0.5) is 5.95 Å². The first-order valence-electron chi connectivity index (χ1n) is 7.98. The van der Waals surface area contributed by atoms with Gasteiger partial charge in [0, 0.05) is 49.7 Å². The van der Waals surface area contributed by atoms with Gasteiger partial charge in [-0.05, 0) is 29.5 Å². The highest BCUT2D eigenvalue weighted by molar-refractivity contribution is 8.03. The van der Waals surface area contributed by atoms with Gasteiger partial charge in [0.15, 0.2) is 0 Å². The van der Waals surface area contributed by atoms with E-state index in [2.05, 4.69) is 31.2 Å². The Bertz CT molecular complexity index is 886. The van der Waals surface area contributed by atoms with Crippen LogP contribution in [0.25, 0.3) is 0 Å². The molecule has 0 fully saturated rings. The van der Waals surface area contributed by atoms with Crippen molar-refractivity contribution in [2.75, 3.05) is 18.4 Å². The molecule has 2 aliphatic heterocycles. The molecule has 1 N–H and O–H groups in total. The van der Waals surface area contributed by atoms with Gasteiger partial charge >= 0.3 is 0 Å². The topological polar surface area (TPSA) is 74.0 Å². The van der Waals surface area contributed by atoms with Gasteiger partial charge in [-0.1, -0.05) is 12.1 Å². The van der Waals surface area contributed by atoms with Gasteiger partial charge in [0.25, 0.3) is 5.56 Å². The number of benzene rings is 1. The highest BCUT2D eigenvalue weighted by Gasteiger charge is 2.25. The molecule has 2 aliphatic rings. The van der Waals surface area contributed by atoms with Crippen LogP contribution in [0.1, 0.15) is 16.8 Å². The molecule has 0 saturated carbocycles. The van der Waals surface area contributed by atoms with Gasteiger partial charge < -0.3 is 9.88 Å². The fourth-order valence-electron chi connectivity index (χ4n) is 3.46. The molecule has 1 aromatic carbocycles. The van der Waals surface area contributed by atoms with E-state index in [0.717, 1.165) is 54.3 Å². The van der Waals surface area contributed by atoms with Crippen LogP contribution < -0.4 is 10.9 Å². The van der Waals surface area contributed by atoms with Crippen molar-refractivity contribution in [2.45, 2.75) is 31.0 Å². The van der Waals surface area contributed by atoms with E-state index >= 15 is 0 Å². The zero-order valence-electron chi connectivity index (χ0n) is 13.2. The number of aromatic nitrogens is 2. The van der Waals surface area contributed by atoms with Crippen LogP contribution in [-0.4, -0.2) is 27.5 Å². The summed E-state index contributed by atoms with van der Waals surface area (Å²) >= 11 is 1.17. The lowest BCUT2D eigenvalue weighted by atomic mass is 10.1. The molecule has 1 aromatic heterocycles. The van der Waals surface area contributed by atoms with Crippen LogP contribution in [0.3, 0.4) is 0 Å². The Morgan fingerprint density at radius 2 is 2.29 bits per heavy atom. The van der Waals surface area contributed by atoms with Crippen LogP contribution in [0.5, 0.6) is 0 Å². The van der Waals surface area contributed by atoms with Crippen LogP contribution in [-0.2, 0) is 26.1 Å². The Balaban J connectivity index is 1.56. The highest BCUT2D eigenvalue weighted by Crippen LogP contribution is 2.23. The SMILES string of the molecule is N#CSc1cccc(CN2CCc3c(c(=O)nc4n3CCN4)C2)c1. The third-order valence-electron chi connectivity index (χ3n) is 4.53. The first-order chi connectivity index (χ1) is 11.7. The van der Waals surface area contributed by atoms with E-state index in [4.69, 9.17) is 5.26 Å². The predicted octanol–water partition coefficient (Wildman–Crippen LogP) is 1.80. The molecule has 4 rings (SSSR count). The van der Waals surface area contributed by atoms with Gasteiger partial charge in [-0.2, -0.15) is 10.2 Å². The molecular weight excluding hydrogens is 322 g/mol. The normalized spacial score (nSPS) is 16.1. The minimum Gasteiger partial charge on any atom is -0.354 e. The van der Waals surface area contributed by atoms with E-state index < -0.39 is 0 Å². The van der Waals surface area contributed by atoms with Crippen molar-refractivity contribution in [3.63, 3.8) is 0 Å². The quantitative estimate of drug-likeness (QED) is 0.679. The standard InChI is InChI=1S/C17H17N5OS/c18-11-24-13-3-1-2-12(8-13)9-21-6-4-15-14(10-21)16(23)20-17-19-5-7-22(15)17/h1-3,8H,4-7,9-10H2,(H,19,20,23). The van der Waals surface area contributed by atoms with E-state index in [0.29, 0.717) is 12.5 Å². The minimum absolute atomic E-state index is 0.107. The molecule has 0 unspecified atom stereocenters. The number of rotatable bonds is 3. The van der Waals surface area contributed by atoms with Gasteiger partial charge in [-0.3, -0.25) is 9.69 Å². The number of hydrogen-bond acceptors (Lipinski definition) is 6. The molecule has 3 heterocycles. The van der Waals surface area contributed by atoms with Gasteiger partial charge in [0.1, 0.15) is 5.40 Å². The van der Waals surface area contributed by atoms with Crippen LogP contribution in [0.2, 0.25) is 0 Å². The molecule has 0 spiro atoms. The number of thioether (sulfide) groups is 1. The first kappa shape index (κ1) is 15.2. The Hall–Kier alpha value is -2.30. The Kier molecular flexibility index (Phi) is 4.00. The average Bonchev–Trinajstić information content (AvgIpc) is 3.04. The first-order valence-corrected chi connectivity index (χ1v) is 8.80. The fraction of sp³-hybridized carbons (Fsp3) is 0.353. The average molecular weight is 339 g/mol. The third kappa shape index (κ3) is 2.79. The van der Waals surface area contributed by atoms with Gasteiger partial charge in [0.05, 0.1) is 5.56 Å². The number of nitriles is 1. The second kappa shape index (κ2) is 6.30. The monoisotopic (exact) mass is 339 g/mol. The van der Waals surface area contributed by atoms with Crippen LogP contribution >= 0.6 is 11.8 Å². The van der Waals surface area contributed by atoms with Crippen molar-refractivity contribution >= 4 is 17.7 Å². The van der Waals surface area contributed by atoms with Crippen molar-refractivity contribution in [1.82, 2.24) is 14.5 Å². The maximum atomic E-state index is 12.3. The lowest BCUT2D eigenvalue weighted by molar-refractivity contribution is 0.239. The van der Waals surface area contributed by atoms with Crippen molar-refractivity contribution in [3.05, 3.63) is 51.4 Å². The minimum atomic E-state index is -0.107. The molecule has 0 amide bonds. The summed E-state index contributed by atoms with van der Waals surface area (Å²) < 4.78 is 2.15. The number of hydrogen-bond donors (Lipinski definition) is 1. The summed E-state index contributed by atoms with van der Waals surface area (Å²) in [6.45, 7) is 4.07. The lowest BCUT2D eigenvalue weighted by Gasteiger charge is -2.29. The largest absolute Gasteiger partial charge is 0.354 e. The van der Waals surface area contributed by atoms with E-state index in [1.807, 2.05) is 18.2 Å². The summed E-state index contributed by atoms with van der Waals surface area (Å²) in [5, 5.41) is 14.1. The summed E-state index contributed by atoms with van der Waals surface area (Å²) in [5.74, 6) is 0.716. The van der Waals surface area contributed by atoms with Gasteiger partial charge in [-0.15, -0.1) is 0 Å². The molecule has 24 heavy (non-hydrogen) atoms. The van der Waals surface area contributed by atoms with Crippen molar-refractivity contribution in [2.24, 2.45) is 0 Å². The van der Waals surface area contributed by atoms with Crippen molar-refractivity contribution in [3.8, 4) is 5.40 Å². The summed E-state index contributed by atoms with van der Waals surface area (Å²) in [5.41, 5.74) is 3.02. The fourth-order valence-corrected chi connectivity index (χ4v) is 3.92. The van der Waals surface area contributed by atoms with E-state index in [1.54, 1.807) is 0 Å². The highest BCUT2D eigenvalue weighted by atomic mass is 32.2. The number of nitrogens with one attached hydrogen (secondary N) is 1. The molecular formula is C17H17N5OS. The number of thiocyanates is 1.